The molecule has 0 amide bonds. The molecule has 5 heteroatoms. The van der Waals surface area contributed by atoms with Gasteiger partial charge in [-0.2, -0.15) is 0 Å². The Morgan fingerprint density at radius 2 is 0.667 bits per heavy atom. The summed E-state index contributed by atoms with van der Waals surface area (Å²) >= 11 is 0. The number of nitrogens with zero attached hydrogens (tertiary/aromatic N) is 1. The van der Waals surface area contributed by atoms with Gasteiger partial charge in [0.25, 0.3) is 0 Å². The molecule has 0 saturated carbocycles. The van der Waals surface area contributed by atoms with Crippen LogP contribution >= 0.6 is 14.9 Å². The molecule has 0 atom stereocenters. The minimum Gasteiger partial charge on any atom is -0.666 e. The molecule has 0 N–H and O–H groups in total. The molecule has 0 rings (SSSR count). The second kappa shape index (κ2) is 8.78. The van der Waals surface area contributed by atoms with Crippen LogP contribution in [-0.4, -0.2) is 48.4 Å². The van der Waals surface area contributed by atoms with Gasteiger partial charge < -0.3 is 5.32 Å². The van der Waals surface area contributed by atoms with Crippen LogP contribution < -0.4 is 0 Å². The molecule has 0 aromatic rings. The molecular formula is C22H52NP2Si2-. The standard InChI is InChI=1S/C22H52NP2Si2/c1-19(2,3)24(20(4,5)6)26(13,14)17-23-18-27(15,16)25(21(7,8)9)22(10,11)12/h17-18H2,1-16H3/q-1. The normalized spacial score (nSPS) is 15.8. The highest BCUT2D eigenvalue weighted by atomic mass is 31.4. The van der Waals surface area contributed by atoms with Gasteiger partial charge in [0.2, 0.25) is 0 Å². The molecule has 0 saturated heterocycles. The molecule has 0 fully saturated rings. The van der Waals surface area contributed by atoms with Crippen molar-refractivity contribution in [3.8, 4) is 0 Å². The van der Waals surface area contributed by atoms with E-state index in [0.717, 1.165) is 12.3 Å². The lowest BCUT2D eigenvalue weighted by Crippen LogP contribution is -2.45. The second-order valence-electron chi connectivity index (χ2n) is 13.5. The number of hydrogen-bond donors (Lipinski definition) is 0. The predicted octanol–water partition coefficient (Wildman–Crippen LogP) is 9.01. The first-order valence-corrected chi connectivity index (χ1v) is 21.5. The minimum atomic E-state index is -1.40. The van der Waals surface area contributed by atoms with Crippen LogP contribution in [0.3, 0.4) is 0 Å². The molecule has 27 heavy (non-hydrogen) atoms. The average molecular weight is 449 g/mol. The summed E-state index contributed by atoms with van der Waals surface area (Å²) in [5.74, 6) is 0. The fourth-order valence-corrected chi connectivity index (χ4v) is 42.7. The summed E-state index contributed by atoms with van der Waals surface area (Å²) in [4.78, 5) is 0. The maximum Gasteiger partial charge on any atom is 0.0561 e. The van der Waals surface area contributed by atoms with Gasteiger partial charge in [0.1, 0.15) is 0 Å². The first-order chi connectivity index (χ1) is 11.4. The molecule has 0 heterocycles. The van der Waals surface area contributed by atoms with Crippen molar-refractivity contribution in [1.82, 2.24) is 0 Å². The van der Waals surface area contributed by atoms with Crippen LogP contribution in [0.1, 0.15) is 83.1 Å². The van der Waals surface area contributed by atoms with E-state index < -0.39 is 15.5 Å². The Hall–Kier alpha value is 1.25. The van der Waals surface area contributed by atoms with Crippen molar-refractivity contribution < 1.29 is 0 Å². The first-order valence-electron chi connectivity index (χ1n) is 10.7. The Labute approximate surface area is 177 Å². The molecule has 0 aliphatic rings. The number of hydrogen-bond acceptors (Lipinski definition) is 0. The Balaban J connectivity index is 5.42. The van der Waals surface area contributed by atoms with Gasteiger partial charge >= 0.3 is 0 Å². The molecule has 0 bridgehead atoms. The molecule has 164 valence electrons. The van der Waals surface area contributed by atoms with Crippen molar-refractivity contribution in [1.29, 1.82) is 0 Å². The van der Waals surface area contributed by atoms with Crippen molar-refractivity contribution in [3.63, 3.8) is 0 Å². The molecule has 0 unspecified atom stereocenters. The topological polar surface area (TPSA) is 14.1 Å². The van der Waals surface area contributed by atoms with E-state index in [0.29, 0.717) is 20.6 Å². The summed E-state index contributed by atoms with van der Waals surface area (Å²) in [5.41, 5.74) is 0. The molecule has 0 aliphatic heterocycles. The van der Waals surface area contributed by atoms with Crippen LogP contribution in [0.4, 0.5) is 0 Å². The SMILES string of the molecule is CC(C)(C)P(C(C)(C)C)[Si](C)(C)C[N-]C[Si](C)(C)P(C(C)(C)C)C(C)(C)C. The summed E-state index contributed by atoms with van der Waals surface area (Å²) in [5, 5.41) is 7.01. The second-order valence-corrected chi connectivity index (χ2v) is 38.1. The van der Waals surface area contributed by atoms with Crippen molar-refractivity contribution in [2.45, 2.75) is 130 Å². The zero-order chi connectivity index (χ0) is 22.3. The van der Waals surface area contributed by atoms with Crippen LogP contribution in [0.2, 0.25) is 26.2 Å². The summed E-state index contributed by atoms with van der Waals surface area (Å²) in [6, 6.07) is 0. The van der Waals surface area contributed by atoms with Crippen LogP contribution in [0, 0.1) is 0 Å². The molecule has 0 aromatic carbocycles. The lowest BCUT2D eigenvalue weighted by molar-refractivity contribution is 0.716. The Morgan fingerprint density at radius 1 is 0.481 bits per heavy atom. The summed E-state index contributed by atoms with van der Waals surface area (Å²) in [7, 11) is -2.86. The average Bonchev–Trinajstić information content (AvgIpc) is 2.15. The molecule has 1 nitrogen and oxygen atoms in total. The summed E-state index contributed by atoms with van der Waals surface area (Å²) in [6.07, 6.45) is 2.31. The third-order valence-electron chi connectivity index (χ3n) is 4.89. The molecule has 0 aromatic heterocycles. The minimum absolute atomic E-state index is 0.0281. The molecule has 0 spiro atoms. The van der Waals surface area contributed by atoms with Crippen LogP contribution in [0.15, 0.2) is 0 Å². The Kier molecular flexibility index (Phi) is 9.19. The van der Waals surface area contributed by atoms with E-state index in [4.69, 9.17) is 5.32 Å². The van der Waals surface area contributed by atoms with Gasteiger partial charge in [-0.25, -0.2) is 0 Å². The quantitative estimate of drug-likeness (QED) is 0.284. The van der Waals surface area contributed by atoms with Crippen molar-refractivity contribution >= 4 is 30.4 Å². The van der Waals surface area contributed by atoms with E-state index >= 15 is 0 Å². The van der Waals surface area contributed by atoms with Gasteiger partial charge in [-0.1, -0.05) is 109 Å². The van der Waals surface area contributed by atoms with E-state index in [1.165, 1.54) is 0 Å². The Morgan fingerprint density at radius 3 is 0.815 bits per heavy atom. The van der Waals surface area contributed by atoms with E-state index in [1.54, 1.807) is 0 Å². The van der Waals surface area contributed by atoms with Gasteiger partial charge in [-0.3, -0.25) is 0 Å². The maximum absolute atomic E-state index is 5.37. The summed E-state index contributed by atoms with van der Waals surface area (Å²) in [6.45, 7) is 40.1. The molecule has 0 aliphatic carbocycles. The molecular weight excluding hydrogens is 396 g/mol. The van der Waals surface area contributed by atoms with Gasteiger partial charge in [-0.15, -0.1) is 27.3 Å². The smallest absolute Gasteiger partial charge is 0.0561 e. The van der Waals surface area contributed by atoms with Crippen LogP contribution in [0.25, 0.3) is 5.32 Å². The van der Waals surface area contributed by atoms with E-state index in [1.807, 2.05) is 0 Å². The fraction of sp³-hybridized carbons (Fsp3) is 1.00. The van der Waals surface area contributed by atoms with Gasteiger partial charge in [0.05, 0.1) is 15.5 Å². The van der Waals surface area contributed by atoms with Gasteiger partial charge in [-0.05, 0) is 20.6 Å². The van der Waals surface area contributed by atoms with E-state index in [2.05, 4.69) is 109 Å². The van der Waals surface area contributed by atoms with Crippen molar-refractivity contribution in [2.24, 2.45) is 0 Å². The predicted molar refractivity (Wildman–Crippen MR) is 141 cm³/mol. The third-order valence-corrected chi connectivity index (χ3v) is 30.8. The summed E-state index contributed by atoms with van der Waals surface area (Å²) < 4.78 is 0. The zero-order valence-corrected chi connectivity index (χ0v) is 25.5. The Bertz CT molecular complexity index is 403. The lowest BCUT2D eigenvalue weighted by Gasteiger charge is -2.55. The zero-order valence-electron chi connectivity index (χ0n) is 21.8. The monoisotopic (exact) mass is 448 g/mol. The number of rotatable bonds is 6. The third kappa shape index (κ3) is 8.49. The molecule has 0 radical (unpaired) electrons. The van der Waals surface area contributed by atoms with Crippen LogP contribution in [0.5, 0.6) is 0 Å². The largest absolute Gasteiger partial charge is 0.666 e. The fourth-order valence-electron chi connectivity index (χ4n) is 6.39. The highest BCUT2D eigenvalue weighted by Crippen LogP contribution is 2.67. The van der Waals surface area contributed by atoms with Crippen molar-refractivity contribution in [2.75, 3.05) is 12.3 Å². The maximum atomic E-state index is 5.37. The highest BCUT2D eigenvalue weighted by molar-refractivity contribution is 7.97. The van der Waals surface area contributed by atoms with Gasteiger partial charge in [0.15, 0.2) is 0 Å². The van der Waals surface area contributed by atoms with Crippen molar-refractivity contribution in [3.05, 3.63) is 5.32 Å². The highest BCUT2D eigenvalue weighted by Gasteiger charge is 2.45. The van der Waals surface area contributed by atoms with Crippen LogP contribution in [-0.2, 0) is 0 Å². The van der Waals surface area contributed by atoms with Gasteiger partial charge in [0, 0.05) is 0 Å². The van der Waals surface area contributed by atoms with E-state index in [-0.39, 0.29) is 14.9 Å². The van der Waals surface area contributed by atoms with E-state index in [9.17, 15) is 0 Å². The lowest BCUT2D eigenvalue weighted by atomic mass is 10.2. The first kappa shape index (κ1) is 28.3.